The maximum absolute atomic E-state index is 9.80. The predicted molar refractivity (Wildman–Crippen MR) is 78.3 cm³/mol. The van der Waals surface area contributed by atoms with Gasteiger partial charge in [0.05, 0.1) is 19.0 Å². The molecule has 0 spiro atoms. The summed E-state index contributed by atoms with van der Waals surface area (Å²) in [6.45, 7) is 0. The highest BCUT2D eigenvalue weighted by atomic mass is 16.5. The zero-order valence-corrected chi connectivity index (χ0v) is 11.6. The van der Waals surface area contributed by atoms with Crippen molar-refractivity contribution in [2.45, 2.75) is 0 Å². The van der Waals surface area contributed by atoms with Crippen molar-refractivity contribution in [1.29, 1.82) is 0 Å². The number of methoxy groups -OCH3 is 1. The summed E-state index contributed by atoms with van der Waals surface area (Å²) in [4.78, 5) is 0. The first-order valence-corrected chi connectivity index (χ1v) is 6.40. The Hall–Kier alpha value is -3.22. The molecule has 7 heteroatoms. The van der Waals surface area contributed by atoms with Crippen molar-refractivity contribution in [1.82, 2.24) is 15.0 Å². The Labute approximate surface area is 125 Å². The first-order chi connectivity index (χ1) is 10.6. The summed E-state index contributed by atoms with van der Waals surface area (Å²) in [5, 5.41) is 36.8. The highest BCUT2D eigenvalue weighted by Gasteiger charge is 2.09. The lowest BCUT2D eigenvalue weighted by molar-refractivity contribution is 0.373. The molecule has 3 rings (SSSR count). The van der Waals surface area contributed by atoms with E-state index < -0.39 is 0 Å². The fraction of sp³-hybridized carbons (Fsp3) is 0.0667. The number of rotatable bonds is 3. The van der Waals surface area contributed by atoms with Crippen molar-refractivity contribution in [2.75, 3.05) is 7.11 Å². The van der Waals surface area contributed by atoms with Gasteiger partial charge in [-0.2, -0.15) is 0 Å². The van der Waals surface area contributed by atoms with Crippen LogP contribution in [0.25, 0.3) is 16.9 Å². The van der Waals surface area contributed by atoms with Gasteiger partial charge in [0.15, 0.2) is 11.5 Å². The van der Waals surface area contributed by atoms with E-state index in [4.69, 9.17) is 4.74 Å². The largest absolute Gasteiger partial charge is 0.508 e. The van der Waals surface area contributed by atoms with Crippen molar-refractivity contribution in [3.05, 3.63) is 42.6 Å². The SMILES string of the molecule is COc1ccc(-n2cc(-c3cc(O)cc(O)c3)nn2)cc1O. The van der Waals surface area contributed by atoms with E-state index in [-0.39, 0.29) is 17.2 Å². The van der Waals surface area contributed by atoms with E-state index in [0.29, 0.717) is 22.7 Å². The molecule has 0 bridgehead atoms. The van der Waals surface area contributed by atoms with Crippen LogP contribution in [0, 0.1) is 0 Å². The van der Waals surface area contributed by atoms with Gasteiger partial charge in [-0.05, 0) is 24.3 Å². The first-order valence-electron chi connectivity index (χ1n) is 6.40. The molecular weight excluding hydrogens is 286 g/mol. The van der Waals surface area contributed by atoms with Gasteiger partial charge in [-0.1, -0.05) is 5.21 Å². The number of aromatic nitrogens is 3. The van der Waals surface area contributed by atoms with E-state index in [1.807, 2.05) is 0 Å². The molecule has 0 unspecified atom stereocenters. The van der Waals surface area contributed by atoms with Crippen LogP contribution in [0.4, 0.5) is 0 Å². The normalized spacial score (nSPS) is 10.6. The zero-order valence-electron chi connectivity index (χ0n) is 11.6. The van der Waals surface area contributed by atoms with Crippen LogP contribution in [0.5, 0.6) is 23.0 Å². The molecule has 3 aromatic rings. The zero-order chi connectivity index (χ0) is 15.7. The maximum atomic E-state index is 9.80. The Morgan fingerprint density at radius 2 is 1.73 bits per heavy atom. The Morgan fingerprint density at radius 1 is 1.00 bits per heavy atom. The van der Waals surface area contributed by atoms with E-state index in [1.165, 1.54) is 36.1 Å². The number of hydrogen-bond donors (Lipinski definition) is 3. The van der Waals surface area contributed by atoms with Crippen molar-refractivity contribution in [3.8, 4) is 39.9 Å². The average Bonchev–Trinajstić information content (AvgIpc) is 2.96. The van der Waals surface area contributed by atoms with Crippen LogP contribution < -0.4 is 4.74 Å². The Kier molecular flexibility index (Phi) is 3.30. The summed E-state index contributed by atoms with van der Waals surface area (Å²) >= 11 is 0. The van der Waals surface area contributed by atoms with Crippen LogP contribution in [0.2, 0.25) is 0 Å². The number of ether oxygens (including phenoxy) is 1. The summed E-state index contributed by atoms with van der Waals surface area (Å²) < 4.78 is 6.45. The number of aromatic hydroxyl groups is 3. The van der Waals surface area contributed by atoms with Gasteiger partial charge in [0.2, 0.25) is 0 Å². The fourth-order valence-electron chi connectivity index (χ4n) is 2.09. The van der Waals surface area contributed by atoms with Crippen LogP contribution in [0.15, 0.2) is 42.6 Å². The lowest BCUT2D eigenvalue weighted by atomic mass is 10.1. The number of phenols is 3. The molecule has 112 valence electrons. The van der Waals surface area contributed by atoms with E-state index in [0.717, 1.165) is 0 Å². The van der Waals surface area contributed by atoms with E-state index in [2.05, 4.69) is 10.3 Å². The van der Waals surface area contributed by atoms with Gasteiger partial charge < -0.3 is 20.1 Å². The molecule has 1 heterocycles. The summed E-state index contributed by atoms with van der Waals surface area (Å²) in [7, 11) is 1.47. The second-order valence-electron chi connectivity index (χ2n) is 4.64. The van der Waals surface area contributed by atoms with Crippen LogP contribution >= 0.6 is 0 Å². The number of hydrogen-bond acceptors (Lipinski definition) is 6. The minimum atomic E-state index is -0.0633. The molecule has 2 aromatic carbocycles. The van der Waals surface area contributed by atoms with Gasteiger partial charge in [0, 0.05) is 17.7 Å². The third-order valence-electron chi connectivity index (χ3n) is 3.12. The molecule has 0 atom stereocenters. The topological polar surface area (TPSA) is 101 Å². The predicted octanol–water partition coefficient (Wildman–Crippen LogP) is 2.06. The van der Waals surface area contributed by atoms with Crippen LogP contribution in [-0.2, 0) is 0 Å². The lowest BCUT2D eigenvalue weighted by Crippen LogP contribution is -1.95. The molecule has 3 N–H and O–H groups in total. The van der Waals surface area contributed by atoms with Crippen LogP contribution in [-0.4, -0.2) is 37.4 Å². The summed E-state index contributed by atoms with van der Waals surface area (Å²) in [5.41, 5.74) is 1.60. The molecular formula is C15H13N3O4. The van der Waals surface area contributed by atoms with Gasteiger partial charge in [-0.3, -0.25) is 0 Å². The minimum absolute atomic E-state index is 0.00736. The molecule has 0 aliphatic heterocycles. The third-order valence-corrected chi connectivity index (χ3v) is 3.12. The Balaban J connectivity index is 1.98. The van der Waals surface area contributed by atoms with Crippen molar-refractivity contribution in [3.63, 3.8) is 0 Å². The molecule has 7 nitrogen and oxygen atoms in total. The Bertz CT molecular complexity index is 809. The van der Waals surface area contributed by atoms with E-state index in [9.17, 15) is 15.3 Å². The fourth-order valence-corrected chi connectivity index (χ4v) is 2.09. The van der Waals surface area contributed by atoms with Gasteiger partial charge in [-0.15, -0.1) is 5.10 Å². The summed E-state index contributed by atoms with van der Waals surface area (Å²) in [6.07, 6.45) is 1.62. The molecule has 0 aliphatic rings. The number of phenolic OH excluding ortho intramolecular Hbond substituents is 3. The monoisotopic (exact) mass is 299 g/mol. The number of nitrogens with zero attached hydrogens (tertiary/aromatic N) is 3. The van der Waals surface area contributed by atoms with Crippen molar-refractivity contribution < 1.29 is 20.1 Å². The third kappa shape index (κ3) is 2.51. The Morgan fingerprint density at radius 3 is 2.36 bits per heavy atom. The average molecular weight is 299 g/mol. The standard InChI is InChI=1S/C15H13N3O4/c1-22-15-3-2-10(6-14(15)21)18-8-13(16-17-18)9-4-11(19)7-12(20)5-9/h2-8,19-21H,1H3. The second-order valence-corrected chi connectivity index (χ2v) is 4.64. The summed E-state index contributed by atoms with van der Waals surface area (Å²) in [5.74, 6) is 0.229. The van der Waals surface area contributed by atoms with Gasteiger partial charge in [-0.25, -0.2) is 4.68 Å². The molecule has 1 aromatic heterocycles. The van der Waals surface area contributed by atoms with Gasteiger partial charge >= 0.3 is 0 Å². The van der Waals surface area contributed by atoms with Gasteiger partial charge in [0.25, 0.3) is 0 Å². The smallest absolute Gasteiger partial charge is 0.160 e. The lowest BCUT2D eigenvalue weighted by Gasteiger charge is -2.05. The maximum Gasteiger partial charge on any atom is 0.160 e. The molecule has 22 heavy (non-hydrogen) atoms. The summed E-state index contributed by atoms with van der Waals surface area (Å²) in [6, 6.07) is 9.01. The minimum Gasteiger partial charge on any atom is -0.508 e. The van der Waals surface area contributed by atoms with Crippen LogP contribution in [0.3, 0.4) is 0 Å². The van der Waals surface area contributed by atoms with E-state index >= 15 is 0 Å². The molecule has 0 saturated carbocycles. The highest BCUT2D eigenvalue weighted by molar-refractivity contribution is 5.63. The van der Waals surface area contributed by atoms with Crippen molar-refractivity contribution in [2.24, 2.45) is 0 Å². The number of benzene rings is 2. The van der Waals surface area contributed by atoms with Crippen molar-refractivity contribution >= 4 is 0 Å². The molecule has 0 fully saturated rings. The van der Waals surface area contributed by atoms with Gasteiger partial charge in [0.1, 0.15) is 17.2 Å². The first kappa shape index (κ1) is 13.7. The molecule has 0 aliphatic carbocycles. The molecule has 0 saturated heterocycles. The quantitative estimate of drug-likeness (QED) is 0.684. The van der Waals surface area contributed by atoms with E-state index in [1.54, 1.807) is 18.3 Å². The highest BCUT2D eigenvalue weighted by Crippen LogP contribution is 2.30. The molecule has 0 amide bonds. The molecule has 0 radical (unpaired) electrons. The second kappa shape index (κ2) is 5.28. The van der Waals surface area contributed by atoms with Crippen LogP contribution in [0.1, 0.15) is 0 Å².